The van der Waals surface area contributed by atoms with Crippen LogP contribution in [0, 0.1) is 0 Å². The molecule has 3 heteroatoms. The predicted octanol–water partition coefficient (Wildman–Crippen LogP) is 18.2. The van der Waals surface area contributed by atoms with Crippen LogP contribution in [0.1, 0.15) is 0 Å². The fourth-order valence-corrected chi connectivity index (χ4v) is 9.94. The third-order valence-corrected chi connectivity index (χ3v) is 13.5. The van der Waals surface area contributed by atoms with E-state index in [1.165, 1.54) is 0 Å². The zero-order valence-corrected chi connectivity index (χ0v) is 39.5. The van der Waals surface area contributed by atoms with E-state index in [1.807, 2.05) is 24.4 Å². The largest absolute Gasteiger partial charge is 0.256 e. The molecule has 0 aliphatic carbocycles. The van der Waals surface area contributed by atoms with Crippen LogP contribution < -0.4 is 0 Å². The summed E-state index contributed by atoms with van der Waals surface area (Å²) in [4.78, 5) is 15.3. The van der Waals surface area contributed by atoms with Crippen molar-refractivity contribution in [3.05, 3.63) is 286 Å². The maximum atomic E-state index is 5.14. The van der Waals surface area contributed by atoms with Crippen molar-refractivity contribution in [3.8, 4) is 123 Å². The van der Waals surface area contributed by atoms with Gasteiger partial charge in [0.05, 0.1) is 17.1 Å². The van der Waals surface area contributed by atoms with Crippen LogP contribution in [-0.2, 0) is 0 Å². The van der Waals surface area contributed by atoms with Crippen molar-refractivity contribution in [2.24, 2.45) is 0 Å². The van der Waals surface area contributed by atoms with Crippen molar-refractivity contribution < 1.29 is 0 Å². The van der Waals surface area contributed by atoms with Gasteiger partial charge in [-0.15, -0.1) is 0 Å². The molecule has 0 spiro atoms. The summed E-state index contributed by atoms with van der Waals surface area (Å²) < 4.78 is 0. The minimum atomic E-state index is 0.931. The third-order valence-electron chi connectivity index (χ3n) is 13.5. The van der Waals surface area contributed by atoms with E-state index in [9.17, 15) is 0 Å². The fourth-order valence-electron chi connectivity index (χ4n) is 9.94. The summed E-state index contributed by atoms with van der Waals surface area (Å²) in [6.45, 7) is 0. The Balaban J connectivity index is 1.07. The molecule has 72 heavy (non-hydrogen) atoms. The zero-order chi connectivity index (χ0) is 48.1. The second kappa shape index (κ2) is 19.8. The molecule has 0 aliphatic heterocycles. The lowest BCUT2D eigenvalue weighted by atomic mass is 9.85. The van der Waals surface area contributed by atoms with E-state index >= 15 is 0 Å². The first-order valence-electron chi connectivity index (χ1n) is 24.4. The summed E-state index contributed by atoms with van der Waals surface area (Å²) in [5.74, 6) is 0. The Morgan fingerprint density at radius 2 is 0.444 bits per heavy atom. The summed E-state index contributed by atoms with van der Waals surface area (Å²) in [5.41, 5.74) is 23.6. The zero-order valence-electron chi connectivity index (χ0n) is 39.5. The Morgan fingerprint density at radius 1 is 0.153 bits per heavy atom. The van der Waals surface area contributed by atoms with Crippen molar-refractivity contribution in [2.45, 2.75) is 0 Å². The van der Waals surface area contributed by atoms with Gasteiger partial charge in [-0.3, -0.25) is 15.0 Å². The van der Waals surface area contributed by atoms with Gasteiger partial charge in [0, 0.05) is 52.0 Å². The second-order valence-electron chi connectivity index (χ2n) is 17.9. The van der Waals surface area contributed by atoms with Crippen molar-refractivity contribution in [3.63, 3.8) is 0 Å². The van der Waals surface area contributed by atoms with E-state index in [2.05, 4.69) is 261 Å². The van der Waals surface area contributed by atoms with Gasteiger partial charge in [-0.25, -0.2) is 0 Å². The molecule has 12 rings (SSSR count). The smallest absolute Gasteiger partial charge is 0.0708 e. The molecule has 0 bridgehead atoms. The lowest BCUT2D eigenvalue weighted by Gasteiger charge is -2.20. The van der Waals surface area contributed by atoms with E-state index in [4.69, 9.17) is 15.0 Å². The molecule has 338 valence electrons. The van der Waals surface area contributed by atoms with Crippen LogP contribution in [0.3, 0.4) is 0 Å². The van der Waals surface area contributed by atoms with Gasteiger partial charge in [0.1, 0.15) is 0 Å². The maximum Gasteiger partial charge on any atom is 0.0708 e. The number of aromatic nitrogens is 3. The van der Waals surface area contributed by atoms with Gasteiger partial charge in [-0.2, -0.15) is 0 Å². The van der Waals surface area contributed by atoms with Gasteiger partial charge in [0.15, 0.2) is 0 Å². The van der Waals surface area contributed by atoms with Crippen LogP contribution in [0.25, 0.3) is 123 Å². The Morgan fingerprint density at radius 3 is 0.806 bits per heavy atom. The fraction of sp³-hybridized carbons (Fsp3) is 0. The second-order valence-corrected chi connectivity index (χ2v) is 17.9. The molecule has 3 aromatic heterocycles. The highest BCUT2D eigenvalue weighted by Crippen LogP contribution is 2.45. The maximum absolute atomic E-state index is 5.14. The molecule has 0 amide bonds. The Kier molecular flexibility index (Phi) is 12.0. The Labute approximate surface area is 421 Å². The number of benzene rings is 9. The minimum Gasteiger partial charge on any atom is -0.256 e. The van der Waals surface area contributed by atoms with E-state index in [-0.39, 0.29) is 0 Å². The molecule has 0 saturated carbocycles. The Bertz CT molecular complexity index is 3630. The van der Waals surface area contributed by atoms with Gasteiger partial charge >= 0.3 is 0 Å². The van der Waals surface area contributed by atoms with Gasteiger partial charge in [-0.1, -0.05) is 231 Å². The number of hydrogen-bond donors (Lipinski definition) is 0. The van der Waals surface area contributed by atoms with E-state index in [0.29, 0.717) is 0 Å². The molecule has 0 saturated heterocycles. The number of rotatable bonds is 11. The molecular weight excluding hydrogens is 871 g/mol. The van der Waals surface area contributed by atoms with Crippen LogP contribution in [0.4, 0.5) is 0 Å². The van der Waals surface area contributed by atoms with Crippen LogP contribution >= 0.6 is 0 Å². The quantitative estimate of drug-likeness (QED) is 0.130. The molecule has 0 N–H and O–H groups in total. The highest BCUT2D eigenvalue weighted by atomic mass is 14.7. The Hall–Kier alpha value is -9.57. The van der Waals surface area contributed by atoms with E-state index < -0.39 is 0 Å². The molecule has 0 radical (unpaired) electrons. The van der Waals surface area contributed by atoms with E-state index in [0.717, 1.165) is 123 Å². The first kappa shape index (κ1) is 43.7. The van der Waals surface area contributed by atoms with Gasteiger partial charge < -0.3 is 0 Å². The van der Waals surface area contributed by atoms with Crippen molar-refractivity contribution in [1.29, 1.82) is 0 Å². The average molecular weight is 918 g/mol. The summed E-state index contributed by atoms with van der Waals surface area (Å²) in [5, 5.41) is 0. The standard InChI is InChI=1S/C69H47N3/c1-6-22-48(23-7-1)63-43-68(51-28-12-4-13-29-51)71-46-65(63)61-36-20-18-34-59(61)55-40-54(58-33-17-16-32-57(58)53-38-39-67(70-45-53)50-26-10-3-11-27-50)41-56(42-55)60-35-19-21-37-62(60)66-47-72-69(52-30-14-5-15-31-52)44-64(66)49-24-8-2-9-25-49/h1-47H. The van der Waals surface area contributed by atoms with Crippen molar-refractivity contribution in [2.75, 3.05) is 0 Å². The predicted molar refractivity (Wildman–Crippen MR) is 300 cm³/mol. The molecule has 3 heterocycles. The number of hydrogen-bond acceptors (Lipinski definition) is 3. The van der Waals surface area contributed by atoms with Gasteiger partial charge in [0.25, 0.3) is 0 Å². The van der Waals surface area contributed by atoms with Gasteiger partial charge in [0.2, 0.25) is 0 Å². The monoisotopic (exact) mass is 917 g/mol. The SMILES string of the molecule is c1ccc(-c2ccc(-c3ccccc3-c3cc(-c4ccccc4-c4cnc(-c5ccccc5)cc4-c4ccccc4)cc(-c4ccccc4-c4cnc(-c5ccccc5)cc4-c4ccccc4)c3)cn2)cc1. The molecular formula is C69H47N3. The topological polar surface area (TPSA) is 38.7 Å². The van der Waals surface area contributed by atoms with Crippen molar-refractivity contribution in [1.82, 2.24) is 15.0 Å². The van der Waals surface area contributed by atoms with Crippen molar-refractivity contribution >= 4 is 0 Å². The highest BCUT2D eigenvalue weighted by Gasteiger charge is 2.20. The normalized spacial score (nSPS) is 11.1. The summed E-state index contributed by atoms with van der Waals surface area (Å²) in [6.07, 6.45) is 6.12. The lowest BCUT2D eigenvalue weighted by molar-refractivity contribution is 1.32. The van der Waals surface area contributed by atoms with Crippen LogP contribution in [0.15, 0.2) is 286 Å². The molecule has 0 aliphatic rings. The van der Waals surface area contributed by atoms with E-state index in [1.54, 1.807) is 0 Å². The highest BCUT2D eigenvalue weighted by molar-refractivity contribution is 5.98. The lowest BCUT2D eigenvalue weighted by Crippen LogP contribution is -1.95. The van der Waals surface area contributed by atoms with Gasteiger partial charge in [-0.05, 0) is 109 Å². The van der Waals surface area contributed by atoms with Crippen LogP contribution in [0.5, 0.6) is 0 Å². The summed E-state index contributed by atoms with van der Waals surface area (Å²) >= 11 is 0. The summed E-state index contributed by atoms with van der Waals surface area (Å²) in [6, 6.07) is 94.7. The summed E-state index contributed by atoms with van der Waals surface area (Å²) in [7, 11) is 0. The first-order valence-corrected chi connectivity index (χ1v) is 24.4. The molecule has 12 aromatic rings. The van der Waals surface area contributed by atoms with Crippen LogP contribution in [-0.4, -0.2) is 15.0 Å². The first-order chi connectivity index (χ1) is 35.7. The minimum absolute atomic E-state index is 0.931. The average Bonchev–Trinajstić information content (AvgIpc) is 3.48. The molecule has 0 unspecified atom stereocenters. The number of nitrogens with zero attached hydrogens (tertiary/aromatic N) is 3. The van der Waals surface area contributed by atoms with Crippen LogP contribution in [0.2, 0.25) is 0 Å². The molecule has 3 nitrogen and oxygen atoms in total. The molecule has 0 atom stereocenters. The molecule has 0 fully saturated rings. The number of pyridine rings is 3. The molecule has 9 aromatic carbocycles. The third kappa shape index (κ3) is 8.83.